The zero-order chi connectivity index (χ0) is 13.3. The summed E-state index contributed by atoms with van der Waals surface area (Å²) >= 11 is 0. The minimum atomic E-state index is 0.0937. The van der Waals surface area contributed by atoms with Crippen molar-refractivity contribution in [1.82, 2.24) is 4.98 Å². The van der Waals surface area contributed by atoms with Crippen LogP contribution in [0.2, 0.25) is 0 Å². The maximum absolute atomic E-state index is 11.7. The maximum atomic E-state index is 11.7. The van der Waals surface area contributed by atoms with Crippen molar-refractivity contribution in [3.8, 4) is 0 Å². The minimum Gasteiger partial charge on any atom is -0.353 e. The normalized spacial score (nSPS) is 28.2. The molecule has 3 nitrogen and oxygen atoms in total. The topological polar surface area (TPSA) is 33.2 Å². The molecule has 3 atom stereocenters. The third kappa shape index (κ3) is 2.40. The Morgan fingerprint density at radius 1 is 1.39 bits per heavy atom. The van der Waals surface area contributed by atoms with Gasteiger partial charge in [-0.15, -0.1) is 0 Å². The Balaban J connectivity index is 2.38. The molecule has 1 aliphatic heterocycles. The van der Waals surface area contributed by atoms with Crippen LogP contribution in [0.4, 0.5) is 5.82 Å². The van der Waals surface area contributed by atoms with Gasteiger partial charge in [0.15, 0.2) is 5.78 Å². The van der Waals surface area contributed by atoms with Crippen molar-refractivity contribution in [2.45, 2.75) is 40.2 Å². The van der Waals surface area contributed by atoms with E-state index >= 15 is 0 Å². The molecule has 3 unspecified atom stereocenters. The van der Waals surface area contributed by atoms with E-state index in [1.165, 1.54) is 6.42 Å². The Hall–Kier alpha value is -1.38. The van der Waals surface area contributed by atoms with Gasteiger partial charge in [0, 0.05) is 18.8 Å². The van der Waals surface area contributed by atoms with Crippen LogP contribution >= 0.6 is 0 Å². The molecule has 0 bridgehead atoms. The summed E-state index contributed by atoms with van der Waals surface area (Å²) < 4.78 is 0. The van der Waals surface area contributed by atoms with Crippen molar-refractivity contribution in [3.63, 3.8) is 0 Å². The van der Waals surface area contributed by atoms with Crippen LogP contribution in [0.25, 0.3) is 0 Å². The lowest BCUT2D eigenvalue weighted by atomic mass is 9.85. The quantitative estimate of drug-likeness (QED) is 0.752. The van der Waals surface area contributed by atoms with Gasteiger partial charge in [0.2, 0.25) is 0 Å². The number of carbonyl (C=O) groups excluding carboxylic acids is 1. The van der Waals surface area contributed by atoms with Gasteiger partial charge in [-0.2, -0.15) is 0 Å². The summed E-state index contributed by atoms with van der Waals surface area (Å²) in [6.07, 6.45) is 3.03. The predicted octanol–water partition coefficient (Wildman–Crippen LogP) is 3.16. The van der Waals surface area contributed by atoms with Crippen LogP contribution in [-0.2, 0) is 0 Å². The molecule has 0 amide bonds. The number of Topliss-reactive ketones (excluding diaryl/α,β-unsaturated/α-hetero) is 1. The summed E-state index contributed by atoms with van der Waals surface area (Å²) in [4.78, 5) is 18.5. The Kier molecular flexibility index (Phi) is 3.69. The maximum Gasteiger partial charge on any atom is 0.163 e. The van der Waals surface area contributed by atoms with Crippen LogP contribution in [-0.4, -0.2) is 23.4 Å². The van der Waals surface area contributed by atoms with E-state index in [1.807, 2.05) is 12.1 Å². The number of rotatable bonds is 2. The number of carbonyl (C=O) groups is 1. The highest BCUT2D eigenvalue weighted by Gasteiger charge is 2.31. The lowest BCUT2D eigenvalue weighted by Crippen LogP contribution is -2.46. The minimum absolute atomic E-state index is 0.0937. The number of pyridine rings is 1. The Labute approximate surface area is 109 Å². The fraction of sp³-hybridized carbons (Fsp3) is 0.600. The first-order chi connectivity index (χ1) is 8.50. The summed E-state index contributed by atoms with van der Waals surface area (Å²) in [6, 6.07) is 4.15. The van der Waals surface area contributed by atoms with Gasteiger partial charge in [0.25, 0.3) is 0 Å². The number of ketones is 1. The summed E-state index contributed by atoms with van der Waals surface area (Å²) in [7, 11) is 0. The SMILES string of the molecule is CC(=O)c1cccnc1N1CC(C)CC(C)C1C. The Morgan fingerprint density at radius 2 is 2.11 bits per heavy atom. The lowest BCUT2D eigenvalue weighted by molar-refractivity contribution is 0.101. The molecule has 18 heavy (non-hydrogen) atoms. The zero-order valence-corrected chi connectivity index (χ0v) is 11.7. The zero-order valence-electron chi connectivity index (χ0n) is 11.7. The first kappa shape index (κ1) is 13.1. The highest BCUT2D eigenvalue weighted by Crippen LogP contribution is 2.31. The van der Waals surface area contributed by atoms with Crippen molar-refractivity contribution in [3.05, 3.63) is 23.9 Å². The summed E-state index contributed by atoms with van der Waals surface area (Å²) in [6.45, 7) is 9.38. The van der Waals surface area contributed by atoms with Gasteiger partial charge in [-0.05, 0) is 44.2 Å². The summed E-state index contributed by atoms with van der Waals surface area (Å²) in [5.74, 6) is 2.24. The van der Waals surface area contributed by atoms with Crippen LogP contribution in [0.15, 0.2) is 18.3 Å². The number of anilines is 1. The molecule has 2 heterocycles. The van der Waals surface area contributed by atoms with Gasteiger partial charge in [-0.25, -0.2) is 4.98 Å². The van der Waals surface area contributed by atoms with Crippen LogP contribution in [0, 0.1) is 11.8 Å². The molecule has 2 rings (SSSR count). The molecule has 0 radical (unpaired) electrons. The molecule has 0 aliphatic carbocycles. The molecule has 0 saturated carbocycles. The van der Waals surface area contributed by atoms with E-state index in [-0.39, 0.29) is 5.78 Å². The number of nitrogens with zero attached hydrogens (tertiary/aromatic N) is 2. The second kappa shape index (κ2) is 5.09. The van der Waals surface area contributed by atoms with Gasteiger partial charge < -0.3 is 4.90 Å². The number of hydrogen-bond donors (Lipinski definition) is 0. The monoisotopic (exact) mass is 246 g/mol. The van der Waals surface area contributed by atoms with Gasteiger partial charge in [0.05, 0.1) is 5.56 Å². The molecule has 0 spiro atoms. The second-order valence-electron chi connectivity index (χ2n) is 5.64. The molecule has 1 aromatic heterocycles. The summed E-state index contributed by atoms with van der Waals surface area (Å²) in [5, 5.41) is 0. The molecule has 1 aliphatic rings. The van der Waals surface area contributed by atoms with Gasteiger partial charge in [0.1, 0.15) is 5.82 Å². The van der Waals surface area contributed by atoms with Gasteiger partial charge in [-0.1, -0.05) is 13.8 Å². The van der Waals surface area contributed by atoms with Crippen molar-refractivity contribution in [2.24, 2.45) is 11.8 Å². The highest BCUT2D eigenvalue weighted by molar-refractivity contribution is 5.98. The number of piperidine rings is 1. The third-order valence-electron chi connectivity index (χ3n) is 4.04. The van der Waals surface area contributed by atoms with E-state index in [0.717, 1.165) is 17.9 Å². The third-order valence-corrected chi connectivity index (χ3v) is 4.04. The average molecular weight is 246 g/mol. The molecular formula is C15H22N2O. The van der Waals surface area contributed by atoms with Gasteiger partial charge in [-0.3, -0.25) is 4.79 Å². The first-order valence-electron chi connectivity index (χ1n) is 6.73. The van der Waals surface area contributed by atoms with Crippen molar-refractivity contribution in [1.29, 1.82) is 0 Å². The van der Waals surface area contributed by atoms with Crippen LogP contribution < -0.4 is 4.90 Å². The van der Waals surface area contributed by atoms with Crippen LogP contribution in [0.5, 0.6) is 0 Å². The average Bonchev–Trinajstić information content (AvgIpc) is 2.33. The molecule has 0 N–H and O–H groups in total. The molecule has 1 aromatic rings. The Bertz CT molecular complexity index is 444. The fourth-order valence-corrected chi connectivity index (χ4v) is 2.90. The molecule has 1 saturated heterocycles. The smallest absolute Gasteiger partial charge is 0.163 e. The highest BCUT2D eigenvalue weighted by atomic mass is 16.1. The van der Waals surface area contributed by atoms with Crippen LogP contribution in [0.1, 0.15) is 44.5 Å². The van der Waals surface area contributed by atoms with E-state index in [4.69, 9.17) is 0 Å². The number of aromatic nitrogens is 1. The van der Waals surface area contributed by atoms with Crippen LogP contribution in [0.3, 0.4) is 0 Å². The second-order valence-corrected chi connectivity index (χ2v) is 5.64. The van der Waals surface area contributed by atoms with Gasteiger partial charge >= 0.3 is 0 Å². The predicted molar refractivity (Wildman–Crippen MR) is 74.0 cm³/mol. The van der Waals surface area contributed by atoms with Crippen molar-refractivity contribution < 1.29 is 4.79 Å². The molecule has 1 fully saturated rings. The molecule has 98 valence electrons. The molecule has 3 heteroatoms. The lowest BCUT2D eigenvalue weighted by Gasteiger charge is -2.42. The number of hydrogen-bond acceptors (Lipinski definition) is 3. The Morgan fingerprint density at radius 3 is 2.78 bits per heavy atom. The standard InChI is InChI=1S/C15H22N2O/c1-10-8-11(2)12(3)17(9-10)15-14(13(4)18)6-5-7-16-15/h5-7,10-12H,8-9H2,1-4H3. The molecule has 0 aromatic carbocycles. The largest absolute Gasteiger partial charge is 0.353 e. The van der Waals surface area contributed by atoms with E-state index in [9.17, 15) is 4.79 Å². The van der Waals surface area contributed by atoms with Crippen molar-refractivity contribution >= 4 is 11.6 Å². The van der Waals surface area contributed by atoms with E-state index < -0.39 is 0 Å². The van der Waals surface area contributed by atoms with E-state index in [0.29, 0.717) is 17.9 Å². The van der Waals surface area contributed by atoms with E-state index in [1.54, 1.807) is 13.1 Å². The molecular weight excluding hydrogens is 224 g/mol. The first-order valence-corrected chi connectivity index (χ1v) is 6.73. The summed E-state index contributed by atoms with van der Waals surface area (Å²) in [5.41, 5.74) is 0.741. The van der Waals surface area contributed by atoms with Crippen molar-refractivity contribution in [2.75, 3.05) is 11.4 Å². The fourth-order valence-electron chi connectivity index (χ4n) is 2.90. The van der Waals surface area contributed by atoms with E-state index in [2.05, 4.69) is 30.7 Å².